The molecule has 2 aromatic rings. The van der Waals surface area contributed by atoms with Crippen molar-refractivity contribution < 1.29 is 4.74 Å². The van der Waals surface area contributed by atoms with Gasteiger partial charge in [0.15, 0.2) is 5.82 Å². The molecule has 1 heterocycles. The monoisotopic (exact) mass is 352 g/mol. The van der Waals surface area contributed by atoms with E-state index in [2.05, 4.69) is 23.5 Å². The van der Waals surface area contributed by atoms with Crippen LogP contribution in [-0.2, 0) is 6.42 Å². The summed E-state index contributed by atoms with van der Waals surface area (Å²) in [5, 5.41) is 0. The predicted molar refractivity (Wildman–Crippen MR) is 109 cm³/mol. The van der Waals surface area contributed by atoms with E-state index in [1.54, 1.807) is 0 Å². The highest BCUT2D eigenvalue weighted by Gasteiger charge is 2.03. The molecule has 0 radical (unpaired) electrons. The summed E-state index contributed by atoms with van der Waals surface area (Å²) < 4.78 is 5.71. The molecular formula is C23H32N2O. The second kappa shape index (κ2) is 12.2. The average molecular weight is 353 g/mol. The lowest BCUT2D eigenvalue weighted by molar-refractivity contribution is 0.312. The van der Waals surface area contributed by atoms with Gasteiger partial charge in [-0.25, -0.2) is 9.97 Å². The maximum Gasteiger partial charge on any atom is 0.159 e. The molecule has 0 aliphatic heterocycles. The molecule has 1 aromatic carbocycles. The molecule has 0 bridgehead atoms. The molecule has 0 atom stereocenters. The Balaban J connectivity index is 1.77. The lowest BCUT2D eigenvalue weighted by Crippen LogP contribution is -1.97. The van der Waals surface area contributed by atoms with Gasteiger partial charge in [0, 0.05) is 18.0 Å². The third-order valence-corrected chi connectivity index (χ3v) is 4.46. The molecule has 0 amide bonds. The summed E-state index contributed by atoms with van der Waals surface area (Å²) in [6, 6.07) is 8.00. The van der Waals surface area contributed by atoms with Gasteiger partial charge in [-0.2, -0.15) is 0 Å². The van der Waals surface area contributed by atoms with Crippen LogP contribution >= 0.6 is 0 Å². The molecule has 26 heavy (non-hydrogen) atoms. The average Bonchev–Trinajstić information content (AvgIpc) is 2.69. The highest BCUT2D eigenvalue weighted by atomic mass is 16.5. The Hall–Kier alpha value is -2.16. The van der Waals surface area contributed by atoms with Crippen molar-refractivity contribution in [3.63, 3.8) is 0 Å². The third-order valence-electron chi connectivity index (χ3n) is 4.46. The van der Waals surface area contributed by atoms with Crippen molar-refractivity contribution in [2.75, 3.05) is 6.61 Å². The molecule has 1 aromatic heterocycles. The fraction of sp³-hybridized carbons (Fsp3) is 0.478. The van der Waals surface area contributed by atoms with E-state index < -0.39 is 0 Å². The number of benzene rings is 1. The van der Waals surface area contributed by atoms with Crippen molar-refractivity contribution in [2.45, 2.75) is 64.7 Å². The third kappa shape index (κ3) is 7.38. The van der Waals surface area contributed by atoms with Crippen LogP contribution in [-0.4, -0.2) is 16.6 Å². The van der Waals surface area contributed by atoms with E-state index in [4.69, 9.17) is 4.74 Å². The first-order valence-corrected chi connectivity index (χ1v) is 9.98. The van der Waals surface area contributed by atoms with Crippen LogP contribution in [0.3, 0.4) is 0 Å². The van der Waals surface area contributed by atoms with E-state index in [9.17, 15) is 0 Å². The number of aromatic nitrogens is 2. The van der Waals surface area contributed by atoms with Gasteiger partial charge in [-0.05, 0) is 55.5 Å². The number of hydrogen-bond acceptors (Lipinski definition) is 3. The van der Waals surface area contributed by atoms with Crippen LogP contribution in [0.25, 0.3) is 11.4 Å². The van der Waals surface area contributed by atoms with Crippen LogP contribution in [0.15, 0.2) is 49.3 Å². The standard InChI is InChI=1S/C23H32N2O/c1-3-5-7-8-9-10-12-20-18-24-23(25-19-20)21-13-15-22(16-14-21)26-17-11-6-4-2/h4,13-16,18-19H,2-3,5-12,17H2,1H3. The van der Waals surface area contributed by atoms with Gasteiger partial charge >= 0.3 is 0 Å². The number of aryl methyl sites for hydroxylation is 1. The molecule has 0 unspecified atom stereocenters. The van der Waals surface area contributed by atoms with Gasteiger partial charge in [-0.15, -0.1) is 6.58 Å². The summed E-state index contributed by atoms with van der Waals surface area (Å²) >= 11 is 0. The molecule has 2 rings (SSSR count). The summed E-state index contributed by atoms with van der Waals surface area (Å²) in [5.74, 6) is 1.66. The summed E-state index contributed by atoms with van der Waals surface area (Å²) in [6.07, 6.45) is 16.8. The van der Waals surface area contributed by atoms with Gasteiger partial charge in [0.1, 0.15) is 5.75 Å². The van der Waals surface area contributed by atoms with E-state index >= 15 is 0 Å². The second-order valence-corrected chi connectivity index (χ2v) is 6.74. The first kappa shape index (κ1) is 20.2. The Kier molecular flexibility index (Phi) is 9.48. The minimum Gasteiger partial charge on any atom is -0.494 e. The lowest BCUT2D eigenvalue weighted by Gasteiger charge is -2.07. The van der Waals surface area contributed by atoms with Crippen molar-refractivity contribution in [1.29, 1.82) is 0 Å². The largest absolute Gasteiger partial charge is 0.494 e. The zero-order valence-corrected chi connectivity index (χ0v) is 16.1. The zero-order valence-electron chi connectivity index (χ0n) is 16.1. The summed E-state index contributed by atoms with van der Waals surface area (Å²) in [5.41, 5.74) is 2.25. The van der Waals surface area contributed by atoms with Crippen LogP contribution < -0.4 is 4.74 Å². The number of rotatable bonds is 13. The molecule has 3 nitrogen and oxygen atoms in total. The lowest BCUT2D eigenvalue weighted by atomic mass is 10.1. The molecule has 0 N–H and O–H groups in total. The molecular weight excluding hydrogens is 320 g/mol. The Labute approximate surface area is 158 Å². The maximum atomic E-state index is 5.71. The molecule has 3 heteroatoms. The first-order valence-electron chi connectivity index (χ1n) is 9.98. The summed E-state index contributed by atoms with van der Waals surface area (Å²) in [7, 11) is 0. The van der Waals surface area contributed by atoms with Crippen molar-refractivity contribution in [1.82, 2.24) is 9.97 Å². The topological polar surface area (TPSA) is 35.0 Å². The molecule has 0 saturated carbocycles. The molecule has 0 fully saturated rings. The van der Waals surface area contributed by atoms with Crippen LogP contribution in [0, 0.1) is 0 Å². The second-order valence-electron chi connectivity index (χ2n) is 6.74. The maximum absolute atomic E-state index is 5.71. The number of unbranched alkanes of at least 4 members (excludes halogenated alkanes) is 6. The van der Waals surface area contributed by atoms with Gasteiger partial charge in [0.25, 0.3) is 0 Å². The number of allylic oxidation sites excluding steroid dienone is 1. The fourth-order valence-electron chi connectivity index (χ4n) is 2.86. The van der Waals surface area contributed by atoms with E-state index in [-0.39, 0.29) is 0 Å². The Bertz CT molecular complexity index is 620. The zero-order chi connectivity index (χ0) is 18.5. The van der Waals surface area contributed by atoms with Gasteiger partial charge < -0.3 is 4.74 Å². The Morgan fingerprint density at radius 1 is 0.923 bits per heavy atom. The predicted octanol–water partition coefficient (Wildman–Crippen LogP) is 6.39. The normalized spacial score (nSPS) is 10.7. The van der Waals surface area contributed by atoms with Gasteiger partial charge in [-0.3, -0.25) is 0 Å². The molecule has 140 valence electrons. The summed E-state index contributed by atoms with van der Waals surface area (Å²) in [4.78, 5) is 9.06. The van der Waals surface area contributed by atoms with Crippen LogP contribution in [0.4, 0.5) is 0 Å². The first-order chi connectivity index (χ1) is 12.8. The van der Waals surface area contributed by atoms with Crippen molar-refractivity contribution >= 4 is 0 Å². The SMILES string of the molecule is C=CCCCOc1ccc(-c2ncc(CCCCCCCC)cn2)cc1. The van der Waals surface area contributed by atoms with E-state index in [1.807, 2.05) is 42.7 Å². The smallest absolute Gasteiger partial charge is 0.159 e. The highest BCUT2D eigenvalue weighted by molar-refractivity contribution is 5.55. The van der Waals surface area contributed by atoms with Crippen LogP contribution in [0.1, 0.15) is 63.9 Å². The van der Waals surface area contributed by atoms with Gasteiger partial charge in [0.2, 0.25) is 0 Å². The number of ether oxygens (including phenoxy) is 1. The van der Waals surface area contributed by atoms with Crippen LogP contribution in [0.2, 0.25) is 0 Å². The summed E-state index contributed by atoms with van der Waals surface area (Å²) in [6.45, 7) is 6.69. The van der Waals surface area contributed by atoms with Crippen molar-refractivity contribution in [3.05, 3.63) is 54.9 Å². The Morgan fingerprint density at radius 3 is 2.31 bits per heavy atom. The number of hydrogen-bond donors (Lipinski definition) is 0. The van der Waals surface area contributed by atoms with E-state index in [0.717, 1.165) is 43.0 Å². The van der Waals surface area contributed by atoms with Crippen molar-refractivity contribution in [2.24, 2.45) is 0 Å². The van der Waals surface area contributed by atoms with Crippen LogP contribution in [0.5, 0.6) is 5.75 Å². The molecule has 0 aliphatic carbocycles. The fourth-order valence-corrected chi connectivity index (χ4v) is 2.86. The molecule has 0 spiro atoms. The minimum absolute atomic E-state index is 0.717. The van der Waals surface area contributed by atoms with E-state index in [0.29, 0.717) is 0 Å². The minimum atomic E-state index is 0.717. The molecule has 0 aliphatic rings. The van der Waals surface area contributed by atoms with E-state index in [1.165, 1.54) is 44.1 Å². The van der Waals surface area contributed by atoms with Gasteiger partial charge in [-0.1, -0.05) is 45.1 Å². The highest BCUT2D eigenvalue weighted by Crippen LogP contribution is 2.20. The van der Waals surface area contributed by atoms with Gasteiger partial charge in [0.05, 0.1) is 6.61 Å². The molecule has 0 saturated heterocycles. The number of nitrogens with zero attached hydrogens (tertiary/aromatic N) is 2. The van der Waals surface area contributed by atoms with Crippen molar-refractivity contribution in [3.8, 4) is 17.1 Å². The quantitative estimate of drug-likeness (QED) is 0.309. The Morgan fingerprint density at radius 2 is 1.62 bits per heavy atom.